The van der Waals surface area contributed by atoms with E-state index in [0.29, 0.717) is 22.8 Å². The van der Waals surface area contributed by atoms with Crippen molar-refractivity contribution < 1.29 is 28.8 Å². The van der Waals surface area contributed by atoms with Crippen LogP contribution in [0.5, 0.6) is 17.2 Å². The first kappa shape index (κ1) is 18.0. The molecule has 122 valence electrons. The topological polar surface area (TPSA) is 86.3 Å². The molecule has 0 aromatic heterocycles. The molecule has 1 atom stereocenters. The third kappa shape index (κ3) is 3.99. The summed E-state index contributed by atoms with van der Waals surface area (Å²) in [4.78, 5) is 11.7. The molecule has 0 saturated carbocycles. The van der Waals surface area contributed by atoms with Gasteiger partial charge in [-0.15, -0.1) is 0 Å². The number of aliphatic hydroxyl groups is 1. The van der Waals surface area contributed by atoms with E-state index >= 15 is 0 Å². The SMILES string of the molecule is COC(=O)[C@H](CO)NC(=S)c1cc(OC)c(OC)c(OC)c1. The Kier molecular flexibility index (Phi) is 6.87. The van der Waals surface area contributed by atoms with Crippen LogP contribution in [0.2, 0.25) is 0 Å². The van der Waals surface area contributed by atoms with E-state index in [-0.39, 0.29) is 4.99 Å². The van der Waals surface area contributed by atoms with Crippen molar-refractivity contribution in [2.45, 2.75) is 6.04 Å². The summed E-state index contributed by atoms with van der Waals surface area (Å²) in [6.07, 6.45) is 0. The van der Waals surface area contributed by atoms with Crippen molar-refractivity contribution in [1.82, 2.24) is 5.32 Å². The molecule has 0 aliphatic rings. The molecule has 22 heavy (non-hydrogen) atoms. The normalized spacial score (nSPS) is 11.3. The lowest BCUT2D eigenvalue weighted by Crippen LogP contribution is -2.43. The average molecular weight is 329 g/mol. The quantitative estimate of drug-likeness (QED) is 0.553. The van der Waals surface area contributed by atoms with Crippen LogP contribution >= 0.6 is 12.2 Å². The lowest BCUT2D eigenvalue weighted by molar-refractivity contribution is -0.143. The minimum Gasteiger partial charge on any atom is -0.493 e. The lowest BCUT2D eigenvalue weighted by Gasteiger charge is -2.18. The summed E-state index contributed by atoms with van der Waals surface area (Å²) in [5, 5.41) is 11.9. The summed E-state index contributed by atoms with van der Waals surface area (Å²) < 4.78 is 20.3. The predicted octanol–water partition coefficient (Wildman–Crippen LogP) is 0.511. The van der Waals surface area contributed by atoms with E-state index in [2.05, 4.69) is 10.1 Å². The molecule has 0 amide bonds. The number of methoxy groups -OCH3 is 4. The highest BCUT2D eigenvalue weighted by molar-refractivity contribution is 7.80. The highest BCUT2D eigenvalue weighted by Crippen LogP contribution is 2.38. The zero-order valence-electron chi connectivity index (χ0n) is 12.8. The van der Waals surface area contributed by atoms with Gasteiger partial charge in [0.1, 0.15) is 11.0 Å². The second-order valence-electron chi connectivity index (χ2n) is 4.15. The molecule has 8 heteroatoms. The van der Waals surface area contributed by atoms with Crippen LogP contribution in [-0.2, 0) is 9.53 Å². The van der Waals surface area contributed by atoms with Crippen LogP contribution in [0.15, 0.2) is 12.1 Å². The van der Waals surface area contributed by atoms with E-state index in [9.17, 15) is 9.90 Å². The number of hydrogen-bond donors (Lipinski definition) is 2. The Hall–Kier alpha value is -2.06. The second-order valence-corrected chi connectivity index (χ2v) is 4.55. The van der Waals surface area contributed by atoms with Crippen molar-refractivity contribution in [2.24, 2.45) is 0 Å². The number of hydrogen-bond acceptors (Lipinski definition) is 7. The first-order valence-electron chi connectivity index (χ1n) is 6.31. The maximum absolute atomic E-state index is 11.5. The van der Waals surface area contributed by atoms with Crippen LogP contribution in [0.4, 0.5) is 0 Å². The number of carbonyl (C=O) groups is 1. The summed E-state index contributed by atoms with van der Waals surface area (Å²) >= 11 is 5.24. The van der Waals surface area contributed by atoms with Crippen molar-refractivity contribution >= 4 is 23.2 Å². The van der Waals surface area contributed by atoms with Gasteiger partial charge in [0.2, 0.25) is 5.75 Å². The number of carbonyl (C=O) groups excluding carboxylic acids is 1. The molecule has 0 aliphatic carbocycles. The summed E-state index contributed by atoms with van der Waals surface area (Å²) in [5.74, 6) is 0.680. The smallest absolute Gasteiger partial charge is 0.330 e. The summed E-state index contributed by atoms with van der Waals surface area (Å²) in [7, 11) is 5.70. The number of thiocarbonyl (C=S) groups is 1. The van der Waals surface area contributed by atoms with Gasteiger partial charge in [-0.3, -0.25) is 0 Å². The van der Waals surface area contributed by atoms with Crippen LogP contribution in [0.1, 0.15) is 5.56 Å². The maximum atomic E-state index is 11.5. The molecule has 0 radical (unpaired) electrons. The van der Waals surface area contributed by atoms with E-state index in [4.69, 9.17) is 26.4 Å². The molecular formula is C14H19NO6S. The van der Waals surface area contributed by atoms with Crippen LogP contribution in [0.3, 0.4) is 0 Å². The zero-order valence-corrected chi connectivity index (χ0v) is 13.7. The number of esters is 1. The molecule has 0 aliphatic heterocycles. The summed E-state index contributed by atoms with van der Waals surface area (Å²) in [6, 6.07) is 2.33. The molecule has 0 saturated heterocycles. The number of rotatable bonds is 7. The fraction of sp³-hybridized carbons (Fsp3) is 0.429. The van der Waals surface area contributed by atoms with Crippen molar-refractivity contribution in [1.29, 1.82) is 0 Å². The zero-order chi connectivity index (χ0) is 16.7. The van der Waals surface area contributed by atoms with Gasteiger partial charge in [0, 0.05) is 5.56 Å². The molecule has 2 N–H and O–H groups in total. The van der Waals surface area contributed by atoms with Gasteiger partial charge in [-0.25, -0.2) is 4.79 Å². The number of nitrogens with one attached hydrogen (secondary N) is 1. The monoisotopic (exact) mass is 329 g/mol. The Morgan fingerprint density at radius 1 is 1.18 bits per heavy atom. The second kappa shape index (κ2) is 8.40. The van der Waals surface area contributed by atoms with Gasteiger partial charge in [0.15, 0.2) is 11.5 Å². The van der Waals surface area contributed by atoms with E-state index in [1.807, 2.05) is 0 Å². The van der Waals surface area contributed by atoms with E-state index < -0.39 is 18.6 Å². The fourth-order valence-corrected chi connectivity index (χ4v) is 2.04. The maximum Gasteiger partial charge on any atom is 0.330 e. The van der Waals surface area contributed by atoms with Crippen LogP contribution < -0.4 is 19.5 Å². The highest BCUT2D eigenvalue weighted by Gasteiger charge is 2.21. The fourth-order valence-electron chi connectivity index (χ4n) is 1.78. The molecule has 0 spiro atoms. The molecule has 7 nitrogen and oxygen atoms in total. The standard InChI is InChI=1S/C14H19NO6S/c1-18-10-5-8(6-11(19-2)12(10)20-3)13(22)15-9(7-16)14(17)21-4/h5-6,9,16H,7H2,1-4H3,(H,15,22)/t9-/m0/s1. The molecule has 1 aromatic carbocycles. The minimum atomic E-state index is -0.948. The Balaban J connectivity index is 3.10. The predicted molar refractivity (Wildman–Crippen MR) is 83.8 cm³/mol. The molecule has 1 rings (SSSR count). The third-order valence-electron chi connectivity index (χ3n) is 2.90. The van der Waals surface area contributed by atoms with Gasteiger partial charge >= 0.3 is 5.97 Å². The minimum absolute atomic E-state index is 0.240. The lowest BCUT2D eigenvalue weighted by atomic mass is 10.1. The largest absolute Gasteiger partial charge is 0.493 e. The highest BCUT2D eigenvalue weighted by atomic mass is 32.1. The van der Waals surface area contributed by atoms with Crippen molar-refractivity contribution in [3.8, 4) is 17.2 Å². The van der Waals surface area contributed by atoms with Gasteiger partial charge in [-0.1, -0.05) is 12.2 Å². The van der Waals surface area contributed by atoms with Gasteiger partial charge in [0.05, 0.1) is 35.0 Å². The molecule has 0 heterocycles. The van der Waals surface area contributed by atoms with Crippen molar-refractivity contribution in [3.05, 3.63) is 17.7 Å². The summed E-state index contributed by atoms with van der Waals surface area (Å²) in [5.41, 5.74) is 0.548. The first-order valence-corrected chi connectivity index (χ1v) is 6.72. The number of aliphatic hydroxyl groups excluding tert-OH is 1. The number of ether oxygens (including phenoxy) is 4. The van der Waals surface area contributed by atoms with E-state index in [0.717, 1.165) is 0 Å². The molecule has 1 aromatic rings. The Bertz CT molecular complexity index is 523. The van der Waals surface area contributed by atoms with Gasteiger partial charge in [0.25, 0.3) is 0 Å². The Morgan fingerprint density at radius 3 is 2.09 bits per heavy atom. The molecule has 0 unspecified atom stereocenters. The molecular weight excluding hydrogens is 310 g/mol. The van der Waals surface area contributed by atoms with Gasteiger partial charge in [-0.2, -0.15) is 0 Å². The van der Waals surface area contributed by atoms with E-state index in [1.165, 1.54) is 28.4 Å². The van der Waals surface area contributed by atoms with E-state index in [1.54, 1.807) is 12.1 Å². The third-order valence-corrected chi connectivity index (χ3v) is 3.25. The van der Waals surface area contributed by atoms with Crippen molar-refractivity contribution in [2.75, 3.05) is 35.0 Å². The van der Waals surface area contributed by atoms with Crippen LogP contribution in [-0.4, -0.2) is 57.2 Å². The first-order chi connectivity index (χ1) is 10.5. The molecule has 0 bridgehead atoms. The Morgan fingerprint density at radius 2 is 1.73 bits per heavy atom. The number of benzene rings is 1. The Labute approximate surface area is 134 Å². The van der Waals surface area contributed by atoms with Crippen LogP contribution in [0, 0.1) is 0 Å². The van der Waals surface area contributed by atoms with Gasteiger partial charge in [-0.05, 0) is 12.1 Å². The average Bonchev–Trinajstić information content (AvgIpc) is 2.56. The van der Waals surface area contributed by atoms with Crippen molar-refractivity contribution in [3.63, 3.8) is 0 Å². The molecule has 0 fully saturated rings. The summed E-state index contributed by atoms with van der Waals surface area (Å²) in [6.45, 7) is -0.447. The van der Waals surface area contributed by atoms with Crippen LogP contribution in [0.25, 0.3) is 0 Å². The van der Waals surface area contributed by atoms with Gasteiger partial charge < -0.3 is 29.4 Å².